The number of thiazole rings is 1. The number of methoxy groups -OCH3 is 1. The number of rotatable bonds is 6. The maximum Gasteiger partial charge on any atom is 0.337 e. The minimum absolute atomic E-state index is 0.303. The van der Waals surface area contributed by atoms with Gasteiger partial charge in [-0.1, -0.05) is 59.3 Å². The number of nitrogens with one attached hydrogen (secondary N) is 1. The number of benzene rings is 3. The first kappa shape index (κ1) is 29.1. The molecule has 0 fully saturated rings. The molecule has 5 aromatic rings. The normalized spacial score (nSPS) is 14.6. The molecule has 1 atom stereocenters. The van der Waals surface area contributed by atoms with E-state index in [0.29, 0.717) is 48.4 Å². The Morgan fingerprint density at radius 3 is 2.48 bits per heavy atom. The molecule has 0 saturated heterocycles. The number of furan rings is 1. The number of nitrogens with zero attached hydrogens (tertiary/aromatic N) is 2. The average Bonchev–Trinajstić information content (AvgIpc) is 3.60. The molecule has 1 N–H and O–H groups in total. The number of fused-ring (bicyclic) bond motifs is 1. The molecule has 0 unspecified atom stereocenters. The Morgan fingerprint density at radius 1 is 1.02 bits per heavy atom. The summed E-state index contributed by atoms with van der Waals surface area (Å²) in [6, 6.07) is 24.3. The van der Waals surface area contributed by atoms with Crippen molar-refractivity contribution >= 4 is 46.6 Å². The summed E-state index contributed by atoms with van der Waals surface area (Å²) in [5, 5.41) is 3.49. The smallest absolute Gasteiger partial charge is 0.337 e. The predicted octanol–water partition coefficient (Wildman–Crippen LogP) is 5.88. The Balaban J connectivity index is 1.41. The number of hydrogen-bond acceptors (Lipinski definition) is 7. The van der Waals surface area contributed by atoms with Crippen LogP contribution in [0.5, 0.6) is 0 Å². The molecule has 220 valence electrons. The summed E-state index contributed by atoms with van der Waals surface area (Å²) in [6.07, 6.45) is 1.67. The average molecular weight is 624 g/mol. The second-order valence-corrected chi connectivity index (χ2v) is 11.6. The van der Waals surface area contributed by atoms with E-state index in [2.05, 4.69) is 10.3 Å². The van der Waals surface area contributed by atoms with Gasteiger partial charge in [0.1, 0.15) is 11.5 Å². The van der Waals surface area contributed by atoms with Crippen molar-refractivity contribution in [2.45, 2.75) is 19.9 Å². The third kappa shape index (κ3) is 5.55. The first-order chi connectivity index (χ1) is 21.2. The van der Waals surface area contributed by atoms with E-state index in [1.54, 1.807) is 66.1 Å². The molecule has 1 aliphatic rings. The molecule has 0 saturated carbocycles. The van der Waals surface area contributed by atoms with Gasteiger partial charge in [-0.05, 0) is 73.5 Å². The third-order valence-corrected chi connectivity index (χ3v) is 8.53. The number of ether oxygens (including phenoxy) is 1. The van der Waals surface area contributed by atoms with E-state index in [9.17, 15) is 14.4 Å². The van der Waals surface area contributed by atoms with Crippen molar-refractivity contribution in [3.63, 3.8) is 0 Å². The van der Waals surface area contributed by atoms with Gasteiger partial charge in [-0.2, -0.15) is 0 Å². The Labute approximate surface area is 261 Å². The van der Waals surface area contributed by atoms with Crippen molar-refractivity contribution in [3.05, 3.63) is 143 Å². The number of allylic oxidation sites excluding steroid dienone is 1. The van der Waals surface area contributed by atoms with Crippen LogP contribution < -0.4 is 20.2 Å². The topological polar surface area (TPSA) is 103 Å². The summed E-state index contributed by atoms with van der Waals surface area (Å²) in [6.45, 7) is 3.65. The number of para-hydroxylation sites is 1. The first-order valence-electron chi connectivity index (χ1n) is 13.7. The molecular formula is C34H26ClN3O5S. The van der Waals surface area contributed by atoms with Crippen LogP contribution in [0.3, 0.4) is 0 Å². The molecule has 3 aromatic carbocycles. The molecule has 44 heavy (non-hydrogen) atoms. The van der Waals surface area contributed by atoms with Gasteiger partial charge < -0.3 is 14.5 Å². The van der Waals surface area contributed by atoms with Gasteiger partial charge in [0.25, 0.3) is 11.5 Å². The van der Waals surface area contributed by atoms with Gasteiger partial charge >= 0.3 is 5.97 Å². The molecule has 2 aromatic heterocycles. The number of hydrogen-bond donors (Lipinski definition) is 1. The second kappa shape index (κ2) is 11.9. The first-order valence-corrected chi connectivity index (χ1v) is 14.9. The van der Waals surface area contributed by atoms with Crippen molar-refractivity contribution in [1.82, 2.24) is 4.57 Å². The predicted molar refractivity (Wildman–Crippen MR) is 171 cm³/mol. The lowest BCUT2D eigenvalue weighted by molar-refractivity contribution is -0.113. The van der Waals surface area contributed by atoms with Crippen LogP contribution in [-0.4, -0.2) is 23.6 Å². The lowest BCUT2D eigenvalue weighted by atomic mass is 9.95. The zero-order chi connectivity index (χ0) is 31.0. The maximum absolute atomic E-state index is 14.0. The largest absolute Gasteiger partial charge is 0.465 e. The van der Waals surface area contributed by atoms with Crippen LogP contribution in [0.25, 0.3) is 17.4 Å². The summed E-state index contributed by atoms with van der Waals surface area (Å²) < 4.78 is 12.9. The second-order valence-electron chi connectivity index (χ2n) is 10.2. The highest BCUT2D eigenvalue weighted by Crippen LogP contribution is 2.32. The van der Waals surface area contributed by atoms with Gasteiger partial charge in [-0.15, -0.1) is 0 Å². The van der Waals surface area contributed by atoms with Gasteiger partial charge in [0.05, 0.1) is 34.5 Å². The number of esters is 1. The number of halogens is 1. The van der Waals surface area contributed by atoms with E-state index in [0.717, 1.165) is 16.7 Å². The van der Waals surface area contributed by atoms with Gasteiger partial charge in [-0.3, -0.25) is 14.2 Å². The Kier molecular flexibility index (Phi) is 7.90. The number of carbonyl (C=O) groups is 2. The highest BCUT2D eigenvalue weighted by atomic mass is 35.5. The third-order valence-electron chi connectivity index (χ3n) is 7.30. The van der Waals surface area contributed by atoms with E-state index in [-0.39, 0.29) is 11.5 Å². The van der Waals surface area contributed by atoms with Crippen molar-refractivity contribution in [2.75, 3.05) is 12.4 Å². The number of carbonyl (C=O) groups excluding carboxylic acids is 2. The van der Waals surface area contributed by atoms with Gasteiger partial charge in [-0.25, -0.2) is 9.79 Å². The zero-order valence-electron chi connectivity index (χ0n) is 24.0. The molecule has 1 aliphatic heterocycles. The molecule has 3 heterocycles. The standard InChI is InChI=1S/C34H26ClN3O5S/c1-19-17-22(33(41)42-3)11-15-26(19)27-16-14-25(43-27)18-28-32(40)38-30(21-9-12-23(35)13-10-21)29(20(2)36-34(38)44-28)31(39)37-24-7-5-4-6-8-24/h4-18,30H,1-3H3,(H,37,39)/b28-18+/t30-/m0/s1. The summed E-state index contributed by atoms with van der Waals surface area (Å²) >= 11 is 7.40. The number of amides is 1. The summed E-state index contributed by atoms with van der Waals surface area (Å²) in [5.41, 5.74) is 4.03. The number of anilines is 1. The molecular weight excluding hydrogens is 598 g/mol. The van der Waals surface area contributed by atoms with E-state index < -0.39 is 12.0 Å². The van der Waals surface area contributed by atoms with E-state index in [1.807, 2.05) is 43.3 Å². The molecule has 0 bridgehead atoms. The van der Waals surface area contributed by atoms with E-state index in [1.165, 1.54) is 18.4 Å². The quantitative estimate of drug-likeness (QED) is 0.238. The van der Waals surface area contributed by atoms with Crippen LogP contribution in [0.4, 0.5) is 5.69 Å². The zero-order valence-corrected chi connectivity index (χ0v) is 25.5. The minimum Gasteiger partial charge on any atom is -0.465 e. The maximum atomic E-state index is 14.0. The van der Waals surface area contributed by atoms with Crippen molar-refractivity contribution < 1.29 is 18.7 Å². The summed E-state index contributed by atoms with van der Waals surface area (Å²) in [4.78, 5) is 44.7. The van der Waals surface area contributed by atoms with E-state index >= 15 is 0 Å². The van der Waals surface area contributed by atoms with Gasteiger partial charge in [0.2, 0.25) is 0 Å². The molecule has 6 rings (SSSR count). The highest BCUT2D eigenvalue weighted by Gasteiger charge is 2.32. The molecule has 1 amide bonds. The lowest BCUT2D eigenvalue weighted by Gasteiger charge is -2.25. The molecule has 0 spiro atoms. The summed E-state index contributed by atoms with van der Waals surface area (Å²) in [7, 11) is 1.34. The van der Waals surface area contributed by atoms with Crippen LogP contribution >= 0.6 is 22.9 Å². The van der Waals surface area contributed by atoms with Gasteiger partial charge in [0.15, 0.2) is 4.80 Å². The fraction of sp³-hybridized carbons (Fsp3) is 0.118. The Bertz CT molecular complexity index is 2130. The van der Waals surface area contributed by atoms with Crippen LogP contribution in [0.2, 0.25) is 5.02 Å². The molecule has 8 nitrogen and oxygen atoms in total. The van der Waals surface area contributed by atoms with Crippen molar-refractivity contribution in [1.29, 1.82) is 0 Å². The number of aryl methyl sites for hydroxylation is 1. The number of aromatic nitrogens is 1. The molecule has 0 aliphatic carbocycles. The van der Waals surface area contributed by atoms with Gasteiger partial charge in [0, 0.05) is 22.3 Å². The van der Waals surface area contributed by atoms with E-state index in [4.69, 9.17) is 20.8 Å². The van der Waals surface area contributed by atoms with Crippen LogP contribution in [-0.2, 0) is 9.53 Å². The monoisotopic (exact) mass is 623 g/mol. The van der Waals surface area contributed by atoms with Crippen LogP contribution in [0.15, 0.2) is 110 Å². The lowest BCUT2D eigenvalue weighted by Crippen LogP contribution is -2.40. The van der Waals surface area contributed by atoms with Crippen molar-refractivity contribution in [3.8, 4) is 11.3 Å². The molecule has 10 heteroatoms. The minimum atomic E-state index is -0.725. The SMILES string of the molecule is COC(=O)c1ccc(-c2ccc(/C=c3/sc4n(c3=O)[C@@H](c3ccc(Cl)cc3)C(C(=O)Nc3ccccc3)=C(C)N=4)o2)c(C)c1. The van der Waals surface area contributed by atoms with Crippen LogP contribution in [0.1, 0.15) is 40.2 Å². The molecule has 0 radical (unpaired) electrons. The Hall–Kier alpha value is -4.99. The Morgan fingerprint density at radius 2 is 1.77 bits per heavy atom. The van der Waals surface area contributed by atoms with Crippen molar-refractivity contribution in [2.24, 2.45) is 4.99 Å². The summed E-state index contributed by atoms with van der Waals surface area (Å²) in [5.74, 6) is 0.300. The fourth-order valence-electron chi connectivity index (χ4n) is 5.18. The highest BCUT2D eigenvalue weighted by molar-refractivity contribution is 7.07. The fourth-order valence-corrected chi connectivity index (χ4v) is 6.33. The van der Waals surface area contributed by atoms with Crippen LogP contribution in [0, 0.1) is 6.92 Å².